The molecule has 0 spiro atoms. The molecule has 2 atom stereocenters. The summed E-state index contributed by atoms with van der Waals surface area (Å²) < 4.78 is 0. The molecule has 0 bridgehead atoms. The Kier molecular flexibility index (Phi) is 5.62. The fraction of sp³-hybridized carbons (Fsp3) is 0.917. The van der Waals surface area contributed by atoms with Crippen molar-refractivity contribution in [1.29, 1.82) is 0 Å². The third-order valence-electron chi connectivity index (χ3n) is 3.16. The lowest BCUT2D eigenvalue weighted by Crippen LogP contribution is -2.58. The van der Waals surface area contributed by atoms with Crippen molar-refractivity contribution in [3.05, 3.63) is 0 Å². The van der Waals surface area contributed by atoms with Gasteiger partial charge in [0.25, 0.3) is 0 Å². The number of unbranched alkanes of at least 4 members (excludes halogenated alkanes) is 1. The molecular weight excluding hydrogens is 222 g/mol. The first-order valence-corrected chi connectivity index (χ1v) is 7.35. The van der Waals surface area contributed by atoms with Crippen LogP contribution < -0.4 is 5.32 Å². The first kappa shape index (κ1) is 13.8. The van der Waals surface area contributed by atoms with Crippen molar-refractivity contribution in [2.24, 2.45) is 0 Å². The van der Waals surface area contributed by atoms with Crippen molar-refractivity contribution in [3.63, 3.8) is 0 Å². The van der Waals surface area contributed by atoms with Gasteiger partial charge in [0.05, 0.1) is 0 Å². The highest BCUT2D eigenvalue weighted by Gasteiger charge is 2.40. The first-order valence-electron chi connectivity index (χ1n) is 6.19. The highest BCUT2D eigenvalue weighted by Crippen LogP contribution is 2.28. The summed E-state index contributed by atoms with van der Waals surface area (Å²) in [4.78, 5) is 11.4. The molecule has 1 rings (SSSR count). The van der Waals surface area contributed by atoms with Crippen molar-refractivity contribution >= 4 is 17.7 Å². The van der Waals surface area contributed by atoms with Crippen LogP contribution in [0.1, 0.15) is 46.0 Å². The molecule has 94 valence electrons. The number of hydrogen-bond donors (Lipinski definition) is 2. The molecule has 0 aromatic rings. The maximum Gasteiger partial charge on any atom is 0.324 e. The molecule has 0 aliphatic carbocycles. The Hall–Kier alpha value is -0.220. The molecule has 2 unspecified atom stereocenters. The minimum Gasteiger partial charge on any atom is -0.480 e. The van der Waals surface area contributed by atoms with Gasteiger partial charge in [0, 0.05) is 11.8 Å². The lowest BCUT2D eigenvalue weighted by Gasteiger charge is -2.36. The summed E-state index contributed by atoms with van der Waals surface area (Å²) in [7, 11) is 0. The average molecular weight is 245 g/mol. The van der Waals surface area contributed by atoms with Crippen molar-refractivity contribution in [2.45, 2.75) is 57.5 Å². The SMILES string of the molecule is CCCCC(C)NC1(C(=O)O)CCCSC1. The van der Waals surface area contributed by atoms with Crippen molar-refractivity contribution in [1.82, 2.24) is 5.32 Å². The molecule has 4 heteroatoms. The summed E-state index contributed by atoms with van der Waals surface area (Å²) in [5, 5.41) is 12.7. The van der Waals surface area contributed by atoms with Crippen LogP contribution in [-0.4, -0.2) is 34.2 Å². The van der Waals surface area contributed by atoms with E-state index >= 15 is 0 Å². The monoisotopic (exact) mass is 245 g/mol. The summed E-state index contributed by atoms with van der Waals surface area (Å²) >= 11 is 1.75. The second kappa shape index (κ2) is 6.50. The van der Waals surface area contributed by atoms with Crippen LogP contribution in [0.25, 0.3) is 0 Å². The largest absolute Gasteiger partial charge is 0.480 e. The minimum atomic E-state index is -0.678. The number of carbonyl (C=O) groups is 1. The maximum atomic E-state index is 11.4. The van der Waals surface area contributed by atoms with E-state index in [-0.39, 0.29) is 0 Å². The average Bonchev–Trinajstić information content (AvgIpc) is 2.27. The topological polar surface area (TPSA) is 49.3 Å². The molecule has 0 amide bonds. The van der Waals surface area contributed by atoms with E-state index in [0.717, 1.165) is 31.4 Å². The molecule has 1 heterocycles. The lowest BCUT2D eigenvalue weighted by molar-refractivity contribution is -0.144. The van der Waals surface area contributed by atoms with Crippen molar-refractivity contribution in [2.75, 3.05) is 11.5 Å². The van der Waals surface area contributed by atoms with Gasteiger partial charge in [-0.25, -0.2) is 0 Å². The Bertz CT molecular complexity index is 227. The van der Waals surface area contributed by atoms with Gasteiger partial charge >= 0.3 is 5.97 Å². The van der Waals surface area contributed by atoms with Crippen LogP contribution in [-0.2, 0) is 4.79 Å². The van der Waals surface area contributed by atoms with Gasteiger partial charge in [-0.2, -0.15) is 11.8 Å². The minimum absolute atomic E-state index is 0.301. The number of aliphatic carboxylic acids is 1. The summed E-state index contributed by atoms with van der Waals surface area (Å²) in [6, 6.07) is 0.301. The lowest BCUT2D eigenvalue weighted by atomic mass is 9.93. The standard InChI is InChI=1S/C12H23NO2S/c1-3-4-6-10(2)13-12(11(14)15)7-5-8-16-9-12/h10,13H,3-9H2,1-2H3,(H,14,15). The molecule has 2 N–H and O–H groups in total. The number of carboxylic acid groups (broad SMARTS) is 1. The molecule has 0 radical (unpaired) electrons. The smallest absolute Gasteiger partial charge is 0.324 e. The number of hydrogen-bond acceptors (Lipinski definition) is 3. The van der Waals surface area contributed by atoms with Gasteiger partial charge < -0.3 is 5.11 Å². The predicted molar refractivity (Wildman–Crippen MR) is 69.0 cm³/mol. The van der Waals surface area contributed by atoms with E-state index in [2.05, 4.69) is 19.2 Å². The van der Waals surface area contributed by atoms with E-state index in [1.54, 1.807) is 11.8 Å². The Balaban J connectivity index is 2.53. The third kappa shape index (κ3) is 3.67. The number of nitrogens with one attached hydrogen (secondary N) is 1. The summed E-state index contributed by atoms with van der Waals surface area (Å²) in [6.45, 7) is 4.26. The molecule has 3 nitrogen and oxygen atoms in total. The number of thioether (sulfide) groups is 1. The van der Waals surface area contributed by atoms with E-state index in [1.807, 2.05) is 0 Å². The van der Waals surface area contributed by atoms with Crippen LogP contribution in [0.15, 0.2) is 0 Å². The highest BCUT2D eigenvalue weighted by atomic mass is 32.2. The van der Waals surface area contributed by atoms with Gasteiger partial charge in [-0.15, -0.1) is 0 Å². The molecular formula is C12H23NO2S. The van der Waals surface area contributed by atoms with Crippen LogP contribution in [0.3, 0.4) is 0 Å². The summed E-state index contributed by atoms with van der Waals surface area (Å²) in [5.41, 5.74) is -0.671. The zero-order valence-electron chi connectivity index (χ0n) is 10.3. The van der Waals surface area contributed by atoms with E-state index in [9.17, 15) is 9.90 Å². The molecule has 0 saturated carbocycles. The van der Waals surface area contributed by atoms with E-state index in [0.29, 0.717) is 11.8 Å². The Labute approximate surface area is 102 Å². The normalized spacial score (nSPS) is 27.6. The Morgan fingerprint density at radius 1 is 1.62 bits per heavy atom. The predicted octanol–water partition coefficient (Wildman–Crippen LogP) is 2.51. The second-order valence-corrected chi connectivity index (χ2v) is 5.84. The van der Waals surface area contributed by atoms with Crippen molar-refractivity contribution in [3.8, 4) is 0 Å². The van der Waals surface area contributed by atoms with Gasteiger partial charge in [0.2, 0.25) is 0 Å². The van der Waals surface area contributed by atoms with Crippen molar-refractivity contribution < 1.29 is 9.90 Å². The van der Waals surface area contributed by atoms with Gasteiger partial charge in [-0.05, 0) is 31.9 Å². The van der Waals surface area contributed by atoms with Crippen LogP contribution in [0.2, 0.25) is 0 Å². The maximum absolute atomic E-state index is 11.4. The Morgan fingerprint density at radius 2 is 2.38 bits per heavy atom. The molecule has 1 fully saturated rings. The zero-order chi connectivity index (χ0) is 12.0. The molecule has 1 aliphatic rings. The van der Waals surface area contributed by atoms with Crippen LogP contribution in [0.5, 0.6) is 0 Å². The summed E-state index contributed by atoms with van der Waals surface area (Å²) in [5.74, 6) is 1.13. The second-order valence-electron chi connectivity index (χ2n) is 4.73. The molecule has 16 heavy (non-hydrogen) atoms. The fourth-order valence-corrected chi connectivity index (χ4v) is 3.39. The van der Waals surface area contributed by atoms with Gasteiger partial charge in [0.15, 0.2) is 0 Å². The molecule has 0 aromatic heterocycles. The van der Waals surface area contributed by atoms with Crippen LogP contribution >= 0.6 is 11.8 Å². The van der Waals surface area contributed by atoms with E-state index < -0.39 is 11.5 Å². The third-order valence-corrected chi connectivity index (χ3v) is 4.44. The number of carboxylic acids is 1. The quantitative estimate of drug-likeness (QED) is 0.755. The van der Waals surface area contributed by atoms with Crippen LogP contribution in [0.4, 0.5) is 0 Å². The van der Waals surface area contributed by atoms with Crippen LogP contribution in [0, 0.1) is 0 Å². The first-order chi connectivity index (χ1) is 7.60. The molecule has 1 aliphatic heterocycles. The molecule has 0 aromatic carbocycles. The molecule has 1 saturated heterocycles. The fourth-order valence-electron chi connectivity index (χ4n) is 2.19. The van der Waals surface area contributed by atoms with Gasteiger partial charge in [-0.1, -0.05) is 19.8 Å². The van der Waals surface area contributed by atoms with E-state index in [1.165, 1.54) is 6.42 Å². The number of rotatable bonds is 6. The highest BCUT2D eigenvalue weighted by molar-refractivity contribution is 7.99. The summed E-state index contributed by atoms with van der Waals surface area (Å²) in [6.07, 6.45) is 5.17. The van der Waals surface area contributed by atoms with E-state index in [4.69, 9.17) is 0 Å². The zero-order valence-corrected chi connectivity index (χ0v) is 11.1. The van der Waals surface area contributed by atoms with Gasteiger partial charge in [-0.3, -0.25) is 10.1 Å². The van der Waals surface area contributed by atoms with Gasteiger partial charge in [0.1, 0.15) is 5.54 Å². The Morgan fingerprint density at radius 3 is 2.88 bits per heavy atom.